The van der Waals surface area contributed by atoms with Crippen LogP contribution < -0.4 is 11.1 Å². The van der Waals surface area contributed by atoms with Gasteiger partial charge < -0.3 is 11.1 Å². The van der Waals surface area contributed by atoms with Crippen molar-refractivity contribution >= 4 is 29.1 Å². The number of amides is 1. The molecular formula is C12H16N2O2S. The number of ketones is 1. The number of thioether (sulfide) groups is 1. The van der Waals surface area contributed by atoms with Crippen LogP contribution >= 0.6 is 11.8 Å². The topological polar surface area (TPSA) is 72.2 Å². The summed E-state index contributed by atoms with van der Waals surface area (Å²) in [6.45, 7) is 3.98. The molecule has 0 heterocycles. The van der Waals surface area contributed by atoms with Gasteiger partial charge >= 0.3 is 0 Å². The van der Waals surface area contributed by atoms with Gasteiger partial charge in [-0.15, -0.1) is 11.8 Å². The van der Waals surface area contributed by atoms with E-state index in [4.69, 9.17) is 5.73 Å². The maximum Gasteiger partial charge on any atom is 0.230 e. The predicted molar refractivity (Wildman–Crippen MR) is 70.3 cm³/mol. The third-order valence-electron chi connectivity index (χ3n) is 2.15. The van der Waals surface area contributed by atoms with E-state index < -0.39 is 0 Å². The van der Waals surface area contributed by atoms with Crippen LogP contribution in [0, 0.1) is 0 Å². The molecule has 17 heavy (non-hydrogen) atoms. The molecule has 3 N–H and O–H groups in total. The Balaban J connectivity index is 2.69. The summed E-state index contributed by atoms with van der Waals surface area (Å²) in [5.41, 5.74) is 6.66. The van der Waals surface area contributed by atoms with Gasteiger partial charge in [0.25, 0.3) is 0 Å². The maximum atomic E-state index is 11.3. The van der Waals surface area contributed by atoms with Crippen molar-refractivity contribution < 1.29 is 9.59 Å². The molecule has 0 bridgehead atoms. The minimum atomic E-state index is -0.0667. The Kier molecular flexibility index (Phi) is 5.03. The highest BCUT2D eigenvalue weighted by Crippen LogP contribution is 2.23. The number of hydrogen-bond donors (Lipinski definition) is 2. The van der Waals surface area contributed by atoms with Crippen molar-refractivity contribution in [2.45, 2.75) is 18.7 Å². The van der Waals surface area contributed by atoms with E-state index in [1.54, 1.807) is 12.1 Å². The van der Waals surface area contributed by atoms with Gasteiger partial charge in [-0.2, -0.15) is 0 Å². The number of carbonyl (C=O) groups excluding carboxylic acids is 2. The predicted octanol–water partition coefficient (Wildman–Crippen LogP) is 1.70. The van der Waals surface area contributed by atoms with Crippen molar-refractivity contribution in [1.82, 2.24) is 5.32 Å². The average Bonchev–Trinajstić information content (AvgIpc) is 2.28. The summed E-state index contributed by atoms with van der Waals surface area (Å²) in [5, 5.41) is 2.71. The first-order valence-corrected chi connectivity index (χ1v) is 6.33. The third kappa shape index (κ3) is 4.11. The van der Waals surface area contributed by atoms with E-state index in [0.29, 0.717) is 23.5 Å². The Morgan fingerprint density at radius 1 is 1.41 bits per heavy atom. The molecule has 1 aromatic carbocycles. The van der Waals surface area contributed by atoms with Gasteiger partial charge in [0.2, 0.25) is 5.91 Å². The highest BCUT2D eigenvalue weighted by molar-refractivity contribution is 8.00. The Bertz CT molecular complexity index is 433. The molecule has 1 amide bonds. The van der Waals surface area contributed by atoms with Crippen molar-refractivity contribution in [3.63, 3.8) is 0 Å². The number of nitrogens with one attached hydrogen (secondary N) is 1. The monoisotopic (exact) mass is 252 g/mol. The summed E-state index contributed by atoms with van der Waals surface area (Å²) >= 11 is 1.39. The molecule has 5 heteroatoms. The number of anilines is 1. The second-order valence-electron chi connectivity index (χ2n) is 3.55. The zero-order valence-corrected chi connectivity index (χ0v) is 10.8. The van der Waals surface area contributed by atoms with Crippen molar-refractivity contribution in [1.29, 1.82) is 0 Å². The highest BCUT2D eigenvalue weighted by atomic mass is 32.2. The number of nitrogen functional groups attached to an aromatic ring is 1. The lowest BCUT2D eigenvalue weighted by atomic mass is 10.1. The van der Waals surface area contributed by atoms with E-state index in [9.17, 15) is 9.59 Å². The van der Waals surface area contributed by atoms with Gasteiger partial charge in [0, 0.05) is 22.7 Å². The van der Waals surface area contributed by atoms with Crippen LogP contribution in [0.2, 0.25) is 0 Å². The fourth-order valence-electron chi connectivity index (χ4n) is 1.33. The van der Waals surface area contributed by atoms with Gasteiger partial charge in [0.15, 0.2) is 5.78 Å². The fourth-order valence-corrected chi connectivity index (χ4v) is 2.09. The molecule has 1 rings (SSSR count). The van der Waals surface area contributed by atoms with Gasteiger partial charge in [-0.1, -0.05) is 0 Å². The van der Waals surface area contributed by atoms with Gasteiger partial charge in [-0.3, -0.25) is 9.59 Å². The first-order chi connectivity index (χ1) is 8.04. The molecule has 4 nitrogen and oxygen atoms in total. The second kappa shape index (κ2) is 6.30. The molecule has 0 atom stereocenters. The van der Waals surface area contributed by atoms with Crippen LogP contribution in [-0.2, 0) is 4.79 Å². The molecule has 1 aromatic rings. The Labute approximate surface area is 105 Å². The van der Waals surface area contributed by atoms with Gasteiger partial charge in [0.05, 0.1) is 5.75 Å². The van der Waals surface area contributed by atoms with Crippen LogP contribution in [0.5, 0.6) is 0 Å². The van der Waals surface area contributed by atoms with Crippen molar-refractivity contribution in [2.75, 3.05) is 18.0 Å². The number of benzene rings is 1. The highest BCUT2D eigenvalue weighted by Gasteiger charge is 2.07. The van der Waals surface area contributed by atoms with E-state index in [1.807, 2.05) is 13.0 Å². The second-order valence-corrected chi connectivity index (χ2v) is 4.60. The molecular weight excluding hydrogens is 236 g/mol. The number of carbonyl (C=O) groups is 2. The molecule has 0 saturated heterocycles. The summed E-state index contributed by atoms with van der Waals surface area (Å²) in [6.07, 6.45) is 0. The minimum absolute atomic E-state index is 0.0151. The molecule has 0 aliphatic rings. The number of hydrogen-bond acceptors (Lipinski definition) is 4. The summed E-state index contributed by atoms with van der Waals surface area (Å²) in [4.78, 5) is 23.4. The largest absolute Gasteiger partial charge is 0.398 e. The molecule has 0 spiro atoms. The van der Waals surface area contributed by atoms with Gasteiger partial charge in [0.1, 0.15) is 0 Å². The molecule has 0 aromatic heterocycles. The quantitative estimate of drug-likeness (QED) is 0.475. The van der Waals surface area contributed by atoms with Crippen molar-refractivity contribution in [3.8, 4) is 0 Å². The van der Waals surface area contributed by atoms with E-state index in [1.165, 1.54) is 18.7 Å². The maximum absolute atomic E-state index is 11.3. The summed E-state index contributed by atoms with van der Waals surface area (Å²) in [7, 11) is 0. The summed E-state index contributed by atoms with van der Waals surface area (Å²) in [5.74, 6) is 0.261. The third-order valence-corrected chi connectivity index (χ3v) is 3.14. The van der Waals surface area contributed by atoms with E-state index in [-0.39, 0.29) is 11.7 Å². The fraction of sp³-hybridized carbons (Fsp3) is 0.333. The van der Waals surface area contributed by atoms with E-state index in [0.717, 1.165) is 4.90 Å². The number of nitrogens with two attached hydrogens (primary N) is 1. The SMILES string of the molecule is CCNC(=O)CSc1ccc(N)c(C(C)=O)c1. The summed E-state index contributed by atoms with van der Waals surface area (Å²) in [6, 6.07) is 5.23. The van der Waals surface area contributed by atoms with Crippen molar-refractivity contribution in [3.05, 3.63) is 23.8 Å². The molecule has 0 aliphatic heterocycles. The first kappa shape index (κ1) is 13.6. The Morgan fingerprint density at radius 3 is 2.71 bits per heavy atom. The lowest BCUT2D eigenvalue weighted by Crippen LogP contribution is -2.24. The normalized spacial score (nSPS) is 10.0. The average molecular weight is 252 g/mol. The van der Waals surface area contributed by atoms with E-state index in [2.05, 4.69) is 5.32 Å². The van der Waals surface area contributed by atoms with Crippen LogP contribution in [0.25, 0.3) is 0 Å². The molecule has 0 radical (unpaired) electrons. The lowest BCUT2D eigenvalue weighted by Gasteiger charge is -2.06. The zero-order chi connectivity index (χ0) is 12.8. The number of Topliss-reactive ketones (excluding diaryl/α,β-unsaturated/α-hetero) is 1. The van der Waals surface area contributed by atoms with Crippen LogP contribution in [-0.4, -0.2) is 24.0 Å². The van der Waals surface area contributed by atoms with Crippen molar-refractivity contribution in [2.24, 2.45) is 0 Å². The standard InChI is InChI=1S/C12H16N2O2S/c1-3-14-12(16)7-17-9-4-5-11(13)10(6-9)8(2)15/h4-6H,3,7,13H2,1-2H3,(H,14,16). The summed E-state index contributed by atoms with van der Waals surface area (Å²) < 4.78 is 0. The molecule has 92 valence electrons. The Hall–Kier alpha value is -1.49. The minimum Gasteiger partial charge on any atom is -0.398 e. The smallest absolute Gasteiger partial charge is 0.230 e. The van der Waals surface area contributed by atoms with Crippen LogP contribution in [0.4, 0.5) is 5.69 Å². The molecule has 0 unspecified atom stereocenters. The van der Waals surface area contributed by atoms with E-state index >= 15 is 0 Å². The lowest BCUT2D eigenvalue weighted by molar-refractivity contribution is -0.118. The van der Waals surface area contributed by atoms with Crippen LogP contribution in [0.1, 0.15) is 24.2 Å². The van der Waals surface area contributed by atoms with Gasteiger partial charge in [-0.05, 0) is 32.0 Å². The first-order valence-electron chi connectivity index (χ1n) is 5.34. The Morgan fingerprint density at radius 2 is 2.12 bits per heavy atom. The van der Waals surface area contributed by atoms with Crippen LogP contribution in [0.15, 0.2) is 23.1 Å². The number of rotatable bonds is 5. The molecule has 0 fully saturated rings. The van der Waals surface area contributed by atoms with Crippen LogP contribution in [0.3, 0.4) is 0 Å². The van der Waals surface area contributed by atoms with Gasteiger partial charge in [-0.25, -0.2) is 0 Å². The zero-order valence-electron chi connectivity index (χ0n) is 9.95. The molecule has 0 saturated carbocycles. The molecule has 0 aliphatic carbocycles.